The van der Waals surface area contributed by atoms with Gasteiger partial charge in [0.25, 0.3) is 17.4 Å². The quantitative estimate of drug-likeness (QED) is 0.213. The summed E-state index contributed by atoms with van der Waals surface area (Å²) in [5.41, 5.74) is 0.676. The Morgan fingerprint density at radius 1 is 1.00 bits per heavy atom. The number of anilines is 1. The largest absolute Gasteiger partial charge is 0.507 e. The highest BCUT2D eigenvalue weighted by atomic mass is 16.6. The zero-order valence-corrected chi connectivity index (χ0v) is 17.0. The number of amides is 1. The Kier molecular flexibility index (Phi) is 5.43. The molecule has 160 valence electrons. The van der Waals surface area contributed by atoms with Gasteiger partial charge in [-0.3, -0.25) is 24.6 Å². The van der Waals surface area contributed by atoms with E-state index in [0.29, 0.717) is 17.0 Å². The number of aliphatic hydroxyl groups excluding tert-OH is 1. The summed E-state index contributed by atoms with van der Waals surface area (Å²) in [5.74, 6) is -1.67. The van der Waals surface area contributed by atoms with Crippen LogP contribution in [0.3, 0.4) is 0 Å². The molecule has 1 fully saturated rings. The van der Waals surface area contributed by atoms with E-state index in [0.717, 1.165) is 6.07 Å². The summed E-state index contributed by atoms with van der Waals surface area (Å²) in [6.45, 7) is 0. The zero-order valence-electron chi connectivity index (χ0n) is 17.0. The number of nitro benzene ring substituents is 1. The number of nitro groups is 1. The smallest absolute Gasteiger partial charge is 0.300 e. The number of ether oxygens (including phenoxy) is 1. The van der Waals surface area contributed by atoms with Gasteiger partial charge < -0.3 is 9.84 Å². The van der Waals surface area contributed by atoms with Crippen LogP contribution in [0.4, 0.5) is 11.4 Å². The predicted molar refractivity (Wildman–Crippen MR) is 117 cm³/mol. The highest BCUT2D eigenvalue weighted by Crippen LogP contribution is 2.42. The van der Waals surface area contributed by atoms with Gasteiger partial charge in [0.1, 0.15) is 11.5 Å². The van der Waals surface area contributed by atoms with Crippen LogP contribution < -0.4 is 9.64 Å². The number of methoxy groups -OCH3 is 1. The summed E-state index contributed by atoms with van der Waals surface area (Å²) in [6.07, 6.45) is 0. The fourth-order valence-corrected chi connectivity index (χ4v) is 3.74. The molecular formula is C24H18N2O6. The Balaban J connectivity index is 1.96. The second kappa shape index (κ2) is 8.35. The predicted octanol–water partition coefficient (Wildman–Crippen LogP) is 4.23. The Labute approximate surface area is 183 Å². The van der Waals surface area contributed by atoms with Gasteiger partial charge in [-0.05, 0) is 29.8 Å². The van der Waals surface area contributed by atoms with Crippen molar-refractivity contribution in [2.75, 3.05) is 12.0 Å². The lowest BCUT2D eigenvalue weighted by molar-refractivity contribution is -0.384. The first kappa shape index (κ1) is 20.8. The van der Waals surface area contributed by atoms with Crippen molar-refractivity contribution >= 4 is 28.8 Å². The molecule has 8 heteroatoms. The fourth-order valence-electron chi connectivity index (χ4n) is 3.74. The molecule has 32 heavy (non-hydrogen) atoms. The van der Waals surface area contributed by atoms with E-state index in [1.54, 1.807) is 54.6 Å². The molecule has 0 saturated carbocycles. The summed E-state index contributed by atoms with van der Waals surface area (Å²) >= 11 is 0. The average molecular weight is 430 g/mol. The highest BCUT2D eigenvalue weighted by Gasteiger charge is 2.47. The third-order valence-corrected chi connectivity index (χ3v) is 5.22. The van der Waals surface area contributed by atoms with Crippen molar-refractivity contribution in [3.63, 3.8) is 0 Å². The molecule has 1 aliphatic heterocycles. The number of para-hydroxylation sites is 1. The van der Waals surface area contributed by atoms with Crippen molar-refractivity contribution in [2.45, 2.75) is 6.04 Å². The van der Waals surface area contributed by atoms with E-state index in [1.165, 1.54) is 30.2 Å². The molecule has 0 aliphatic carbocycles. The lowest BCUT2D eigenvalue weighted by atomic mass is 9.95. The van der Waals surface area contributed by atoms with Crippen molar-refractivity contribution in [3.8, 4) is 5.75 Å². The first-order chi connectivity index (χ1) is 15.4. The molecule has 1 saturated heterocycles. The topological polar surface area (TPSA) is 110 Å². The normalized spacial score (nSPS) is 17.4. The van der Waals surface area contributed by atoms with E-state index in [4.69, 9.17) is 4.74 Å². The monoisotopic (exact) mass is 430 g/mol. The van der Waals surface area contributed by atoms with Crippen LogP contribution in [0.2, 0.25) is 0 Å². The van der Waals surface area contributed by atoms with Gasteiger partial charge in [-0.15, -0.1) is 0 Å². The third-order valence-electron chi connectivity index (χ3n) is 5.22. The van der Waals surface area contributed by atoms with Crippen LogP contribution in [0.25, 0.3) is 5.76 Å². The number of carbonyl (C=O) groups excluding carboxylic acids is 2. The maximum atomic E-state index is 13.1. The minimum atomic E-state index is -0.952. The van der Waals surface area contributed by atoms with Crippen molar-refractivity contribution in [1.82, 2.24) is 0 Å². The van der Waals surface area contributed by atoms with Gasteiger partial charge in [0.15, 0.2) is 0 Å². The first-order valence-corrected chi connectivity index (χ1v) is 9.67. The van der Waals surface area contributed by atoms with E-state index >= 15 is 0 Å². The summed E-state index contributed by atoms with van der Waals surface area (Å²) in [4.78, 5) is 38.0. The second-order valence-electron chi connectivity index (χ2n) is 7.09. The van der Waals surface area contributed by atoms with E-state index in [9.17, 15) is 24.8 Å². The van der Waals surface area contributed by atoms with Crippen LogP contribution in [0.1, 0.15) is 17.2 Å². The molecule has 1 unspecified atom stereocenters. The Morgan fingerprint density at radius 3 is 2.41 bits per heavy atom. The van der Waals surface area contributed by atoms with Gasteiger partial charge in [0, 0.05) is 23.4 Å². The number of rotatable bonds is 5. The third kappa shape index (κ3) is 3.58. The van der Waals surface area contributed by atoms with Gasteiger partial charge in [-0.2, -0.15) is 0 Å². The molecule has 1 heterocycles. The van der Waals surface area contributed by atoms with Gasteiger partial charge >= 0.3 is 0 Å². The molecular weight excluding hydrogens is 412 g/mol. The molecule has 3 aromatic carbocycles. The van der Waals surface area contributed by atoms with E-state index < -0.39 is 28.4 Å². The van der Waals surface area contributed by atoms with Crippen LogP contribution in [-0.2, 0) is 9.59 Å². The zero-order chi connectivity index (χ0) is 22.8. The summed E-state index contributed by atoms with van der Waals surface area (Å²) in [7, 11) is 1.50. The SMILES string of the molecule is COc1cccc(C2/C(=C(/O)c3cccc([N+](=O)[O-])c3)C(=O)C(=O)N2c2ccccc2)c1. The summed E-state index contributed by atoms with van der Waals surface area (Å²) < 4.78 is 5.29. The Hall–Kier alpha value is -4.46. The Morgan fingerprint density at radius 2 is 1.72 bits per heavy atom. The minimum Gasteiger partial charge on any atom is -0.507 e. The molecule has 0 spiro atoms. The average Bonchev–Trinajstić information content (AvgIpc) is 3.09. The van der Waals surface area contributed by atoms with Gasteiger partial charge in [0.2, 0.25) is 0 Å². The summed E-state index contributed by atoms with van der Waals surface area (Å²) in [5, 5.41) is 22.2. The number of carbonyl (C=O) groups is 2. The maximum Gasteiger partial charge on any atom is 0.300 e. The van der Waals surface area contributed by atoms with Gasteiger partial charge in [-0.1, -0.05) is 42.5 Å². The van der Waals surface area contributed by atoms with E-state index in [1.807, 2.05) is 0 Å². The molecule has 1 atom stereocenters. The van der Waals surface area contributed by atoms with Crippen LogP contribution >= 0.6 is 0 Å². The van der Waals surface area contributed by atoms with Crippen molar-refractivity contribution in [3.05, 3.63) is 106 Å². The molecule has 3 aromatic rings. The number of Topliss-reactive ketones (excluding diaryl/α,β-unsaturated/α-hetero) is 1. The van der Waals surface area contributed by atoms with Crippen LogP contribution in [0, 0.1) is 10.1 Å². The fraction of sp³-hybridized carbons (Fsp3) is 0.0833. The summed E-state index contributed by atoms with van der Waals surface area (Å²) in [6, 6.07) is 19.8. The second-order valence-corrected chi connectivity index (χ2v) is 7.09. The number of aliphatic hydroxyl groups is 1. The molecule has 4 rings (SSSR count). The molecule has 0 radical (unpaired) electrons. The lowest BCUT2D eigenvalue weighted by Gasteiger charge is -2.25. The Bertz CT molecular complexity index is 1250. The van der Waals surface area contributed by atoms with Crippen LogP contribution in [0.15, 0.2) is 84.4 Å². The van der Waals surface area contributed by atoms with E-state index in [-0.39, 0.29) is 16.8 Å². The number of hydrogen-bond donors (Lipinski definition) is 1. The molecule has 1 N–H and O–H groups in total. The number of benzene rings is 3. The van der Waals surface area contributed by atoms with Crippen molar-refractivity contribution in [2.24, 2.45) is 0 Å². The van der Waals surface area contributed by atoms with Crippen molar-refractivity contribution in [1.29, 1.82) is 0 Å². The minimum absolute atomic E-state index is 0.0677. The molecule has 0 aromatic heterocycles. The number of hydrogen-bond acceptors (Lipinski definition) is 6. The molecule has 1 amide bonds. The standard InChI is InChI=1S/C24H18N2O6/c1-32-19-12-6-7-15(14-19)21-20(22(27)16-8-5-11-18(13-16)26(30)31)23(28)24(29)25(21)17-9-3-2-4-10-17/h2-14,21,27H,1H3/b22-20-. The first-order valence-electron chi connectivity index (χ1n) is 9.67. The van der Waals surface area contributed by atoms with Gasteiger partial charge in [-0.25, -0.2) is 0 Å². The number of non-ortho nitro benzene ring substituents is 1. The number of ketones is 1. The van der Waals surface area contributed by atoms with Crippen LogP contribution in [0.5, 0.6) is 5.75 Å². The highest BCUT2D eigenvalue weighted by molar-refractivity contribution is 6.51. The maximum absolute atomic E-state index is 13.1. The van der Waals surface area contributed by atoms with E-state index in [2.05, 4.69) is 0 Å². The molecule has 1 aliphatic rings. The van der Waals surface area contributed by atoms with Gasteiger partial charge in [0.05, 0.1) is 23.6 Å². The number of nitrogens with zero attached hydrogens (tertiary/aromatic N) is 2. The van der Waals surface area contributed by atoms with Crippen molar-refractivity contribution < 1.29 is 24.4 Å². The molecule has 0 bridgehead atoms. The molecule has 8 nitrogen and oxygen atoms in total. The lowest BCUT2D eigenvalue weighted by Crippen LogP contribution is -2.29. The van der Waals surface area contributed by atoms with Crippen LogP contribution in [-0.4, -0.2) is 28.8 Å².